The molecule has 0 unspecified atom stereocenters. The first-order chi connectivity index (χ1) is 12.5. The van der Waals surface area contributed by atoms with E-state index in [0.29, 0.717) is 6.42 Å². The lowest BCUT2D eigenvalue weighted by Crippen LogP contribution is -2.49. The second-order valence-electron chi connectivity index (χ2n) is 6.84. The maximum Gasteiger partial charge on any atom is 0.240 e. The Kier molecular flexibility index (Phi) is 10.4. The van der Waals surface area contributed by atoms with E-state index in [1.807, 2.05) is 0 Å². The number of carbonyl (C=O) groups is 2. The van der Waals surface area contributed by atoms with Gasteiger partial charge in [0.15, 0.2) is 5.76 Å². The molecular weight excluding hydrogens is 332 g/mol. The molecule has 0 aromatic rings. The number of carbonyl (C=O) groups excluding carboxylic acids is 2. The van der Waals surface area contributed by atoms with Crippen LogP contribution in [0.2, 0.25) is 0 Å². The van der Waals surface area contributed by atoms with Gasteiger partial charge in [-0.05, 0) is 32.1 Å². The Morgan fingerprint density at radius 1 is 0.962 bits per heavy atom. The number of unbranched alkanes of at least 4 members (excludes halogenated alkanes) is 7. The summed E-state index contributed by atoms with van der Waals surface area (Å²) in [5.41, 5.74) is 0.142. The van der Waals surface area contributed by atoms with Gasteiger partial charge < -0.3 is 14.6 Å². The van der Waals surface area contributed by atoms with E-state index >= 15 is 0 Å². The molecule has 0 radical (unpaired) electrons. The first kappa shape index (κ1) is 22.6. The highest BCUT2D eigenvalue weighted by Gasteiger charge is 2.48. The Morgan fingerprint density at radius 2 is 1.54 bits per heavy atom. The van der Waals surface area contributed by atoms with Crippen molar-refractivity contribution in [2.45, 2.75) is 83.3 Å². The predicted molar refractivity (Wildman–Crippen MR) is 102 cm³/mol. The molecule has 148 valence electrons. The zero-order valence-electron chi connectivity index (χ0n) is 16.5. The van der Waals surface area contributed by atoms with E-state index in [9.17, 15) is 14.7 Å². The molecule has 0 aromatic carbocycles. The van der Waals surface area contributed by atoms with Crippen LogP contribution in [-0.2, 0) is 19.1 Å². The van der Waals surface area contributed by atoms with Gasteiger partial charge in [-0.1, -0.05) is 51.2 Å². The lowest BCUT2D eigenvalue weighted by Gasteiger charge is -2.32. The summed E-state index contributed by atoms with van der Waals surface area (Å²) in [6.07, 6.45) is 14.5. The highest BCUT2D eigenvalue weighted by molar-refractivity contribution is 6.14. The van der Waals surface area contributed by atoms with Crippen LogP contribution in [-0.4, -0.2) is 36.7 Å². The minimum absolute atomic E-state index is 0.142. The first-order valence-corrected chi connectivity index (χ1v) is 9.77. The fourth-order valence-corrected chi connectivity index (χ4v) is 3.18. The maximum atomic E-state index is 12.6. The Hall–Kier alpha value is -1.46. The molecule has 0 atom stereocenters. The van der Waals surface area contributed by atoms with Crippen molar-refractivity contribution >= 4 is 11.6 Å². The first-order valence-electron chi connectivity index (χ1n) is 9.77. The normalized spacial score (nSPS) is 17.5. The number of hydrogen-bond donors (Lipinski definition) is 1. The summed E-state index contributed by atoms with van der Waals surface area (Å²) in [5, 5.41) is 9.98. The average Bonchev–Trinajstić information content (AvgIpc) is 2.65. The van der Waals surface area contributed by atoms with Gasteiger partial charge in [0, 0.05) is 19.8 Å². The van der Waals surface area contributed by atoms with Gasteiger partial charge in [0.25, 0.3) is 0 Å². The summed E-state index contributed by atoms with van der Waals surface area (Å²) < 4.78 is 10.3. The number of aliphatic hydroxyl groups excluding tert-OH is 1. The van der Waals surface area contributed by atoms with Crippen LogP contribution in [0, 0.1) is 0 Å². The Bertz CT molecular complexity index is 514. The molecule has 1 aliphatic carbocycles. The van der Waals surface area contributed by atoms with Crippen LogP contribution < -0.4 is 0 Å². The molecule has 0 aliphatic heterocycles. The average molecular weight is 366 g/mol. The summed E-state index contributed by atoms with van der Waals surface area (Å²) >= 11 is 0. The number of methoxy groups -OCH3 is 2. The van der Waals surface area contributed by atoms with E-state index in [0.717, 1.165) is 32.1 Å². The molecule has 5 heteroatoms. The molecule has 0 bridgehead atoms. The van der Waals surface area contributed by atoms with Crippen molar-refractivity contribution in [1.82, 2.24) is 0 Å². The zero-order valence-corrected chi connectivity index (χ0v) is 16.5. The van der Waals surface area contributed by atoms with Crippen LogP contribution in [0.25, 0.3) is 0 Å². The third kappa shape index (κ3) is 6.36. The summed E-state index contributed by atoms with van der Waals surface area (Å²) in [4.78, 5) is 24.5. The SMILES string of the molecule is CCCC/C=C\CCCCCCCC1=C(O)C(=O)CC(OC)(OC)C1=O. The van der Waals surface area contributed by atoms with E-state index in [4.69, 9.17) is 9.47 Å². The molecule has 1 aliphatic rings. The Morgan fingerprint density at radius 3 is 2.15 bits per heavy atom. The van der Waals surface area contributed by atoms with Crippen molar-refractivity contribution in [3.05, 3.63) is 23.5 Å². The van der Waals surface area contributed by atoms with Gasteiger partial charge in [0.05, 0.1) is 6.42 Å². The standard InChI is InChI=1S/C21H34O5/c1-4-5-6-7-8-9-10-11-12-13-14-15-17-19(23)18(22)16-21(25-2,26-3)20(17)24/h7-8,23H,4-6,9-16H2,1-3H3/b8-7-. The van der Waals surface area contributed by atoms with Gasteiger partial charge in [-0.25, -0.2) is 0 Å². The van der Waals surface area contributed by atoms with Gasteiger partial charge in [0.2, 0.25) is 17.4 Å². The molecule has 0 heterocycles. The van der Waals surface area contributed by atoms with Crippen molar-refractivity contribution in [3.63, 3.8) is 0 Å². The number of Topliss-reactive ketones (excluding diaryl/α,β-unsaturated/α-hetero) is 2. The zero-order chi connectivity index (χ0) is 19.4. The number of allylic oxidation sites excluding steroid dienone is 3. The van der Waals surface area contributed by atoms with Crippen LogP contribution in [0.3, 0.4) is 0 Å². The molecule has 0 spiro atoms. The van der Waals surface area contributed by atoms with Crippen LogP contribution in [0.5, 0.6) is 0 Å². The molecule has 0 fully saturated rings. The second-order valence-corrected chi connectivity index (χ2v) is 6.84. The van der Waals surface area contributed by atoms with Crippen LogP contribution in [0.15, 0.2) is 23.5 Å². The third-order valence-corrected chi connectivity index (χ3v) is 4.91. The van der Waals surface area contributed by atoms with E-state index in [1.54, 1.807) is 0 Å². The van der Waals surface area contributed by atoms with Gasteiger partial charge >= 0.3 is 0 Å². The lowest BCUT2D eigenvalue weighted by molar-refractivity contribution is -0.208. The second kappa shape index (κ2) is 12.0. The number of aliphatic hydroxyl groups is 1. The van der Waals surface area contributed by atoms with Gasteiger partial charge in [-0.3, -0.25) is 9.59 Å². The number of hydrogen-bond acceptors (Lipinski definition) is 5. The Labute approximate surface area is 157 Å². The summed E-state index contributed by atoms with van der Waals surface area (Å²) in [6, 6.07) is 0. The minimum atomic E-state index is -1.58. The maximum absolute atomic E-state index is 12.6. The highest BCUT2D eigenvalue weighted by atomic mass is 16.7. The van der Waals surface area contributed by atoms with Crippen LogP contribution in [0.1, 0.15) is 77.6 Å². The smallest absolute Gasteiger partial charge is 0.240 e. The molecule has 5 nitrogen and oxygen atoms in total. The van der Waals surface area contributed by atoms with E-state index in [1.165, 1.54) is 39.9 Å². The predicted octanol–water partition coefficient (Wildman–Crippen LogP) is 4.81. The number of ketones is 2. The van der Waals surface area contributed by atoms with Crippen LogP contribution >= 0.6 is 0 Å². The fraction of sp³-hybridized carbons (Fsp3) is 0.714. The summed E-state index contributed by atoms with van der Waals surface area (Å²) in [5.74, 6) is -2.94. The van der Waals surface area contributed by atoms with Crippen molar-refractivity contribution < 1.29 is 24.2 Å². The number of rotatable bonds is 13. The lowest BCUT2D eigenvalue weighted by atomic mass is 9.86. The number of ether oxygens (including phenoxy) is 2. The molecule has 0 saturated heterocycles. The van der Waals surface area contributed by atoms with E-state index in [2.05, 4.69) is 19.1 Å². The molecular formula is C21H34O5. The Balaban J connectivity index is 2.33. The van der Waals surface area contributed by atoms with E-state index < -0.39 is 23.1 Å². The van der Waals surface area contributed by atoms with Crippen molar-refractivity contribution in [3.8, 4) is 0 Å². The van der Waals surface area contributed by atoms with Gasteiger partial charge in [0.1, 0.15) is 0 Å². The van der Waals surface area contributed by atoms with Crippen molar-refractivity contribution in [1.29, 1.82) is 0 Å². The minimum Gasteiger partial charge on any atom is -0.504 e. The monoisotopic (exact) mass is 366 g/mol. The molecule has 0 amide bonds. The van der Waals surface area contributed by atoms with Crippen molar-refractivity contribution in [2.75, 3.05) is 14.2 Å². The largest absolute Gasteiger partial charge is 0.504 e. The topological polar surface area (TPSA) is 72.8 Å². The molecule has 0 aromatic heterocycles. The third-order valence-electron chi connectivity index (χ3n) is 4.91. The van der Waals surface area contributed by atoms with Crippen LogP contribution in [0.4, 0.5) is 0 Å². The van der Waals surface area contributed by atoms with E-state index in [-0.39, 0.29) is 12.0 Å². The quantitative estimate of drug-likeness (QED) is 0.288. The molecule has 26 heavy (non-hydrogen) atoms. The van der Waals surface area contributed by atoms with Gasteiger partial charge in [-0.15, -0.1) is 0 Å². The molecule has 0 saturated carbocycles. The van der Waals surface area contributed by atoms with Gasteiger partial charge in [-0.2, -0.15) is 0 Å². The molecule has 1 N–H and O–H groups in total. The van der Waals surface area contributed by atoms with Crippen molar-refractivity contribution in [2.24, 2.45) is 0 Å². The summed E-state index contributed by atoms with van der Waals surface area (Å²) in [7, 11) is 2.68. The fourth-order valence-electron chi connectivity index (χ4n) is 3.18. The highest BCUT2D eigenvalue weighted by Crippen LogP contribution is 2.32. The summed E-state index contributed by atoms with van der Waals surface area (Å²) in [6.45, 7) is 2.20. The molecule has 1 rings (SSSR count).